The van der Waals surface area contributed by atoms with Gasteiger partial charge in [-0.2, -0.15) is 0 Å². The number of hydrogen-bond acceptors (Lipinski definition) is 1. The normalized spacial score (nSPS) is 9.84. The van der Waals surface area contributed by atoms with Gasteiger partial charge in [0.2, 0.25) is 5.91 Å². The molecule has 1 aromatic carbocycles. The molecule has 0 aliphatic carbocycles. The Bertz CT molecular complexity index is 578. The molecule has 0 aliphatic rings. The number of H-pyrrole nitrogens is 1. The van der Waals surface area contributed by atoms with Crippen LogP contribution in [0.2, 0.25) is 0 Å². The summed E-state index contributed by atoms with van der Waals surface area (Å²) < 4.78 is 0. The molecule has 2 aromatic rings. The molecule has 1 aromatic heterocycles. The van der Waals surface area contributed by atoms with Gasteiger partial charge in [0, 0.05) is 17.8 Å². The van der Waals surface area contributed by atoms with E-state index < -0.39 is 0 Å². The van der Waals surface area contributed by atoms with E-state index in [1.807, 2.05) is 30.3 Å². The highest BCUT2D eigenvalue weighted by Crippen LogP contribution is 2.18. The van der Waals surface area contributed by atoms with Crippen molar-refractivity contribution in [2.75, 3.05) is 6.54 Å². The van der Waals surface area contributed by atoms with Crippen molar-refractivity contribution in [1.82, 2.24) is 10.3 Å². The predicted molar refractivity (Wildman–Crippen MR) is 76.4 cm³/mol. The van der Waals surface area contributed by atoms with Gasteiger partial charge in [-0.1, -0.05) is 36.3 Å². The minimum absolute atomic E-state index is 0.0196. The van der Waals surface area contributed by atoms with Gasteiger partial charge < -0.3 is 10.3 Å². The first-order chi connectivity index (χ1) is 9.29. The highest BCUT2D eigenvalue weighted by Gasteiger charge is 2.04. The van der Waals surface area contributed by atoms with Gasteiger partial charge in [-0.25, -0.2) is 0 Å². The van der Waals surface area contributed by atoms with E-state index in [1.54, 1.807) is 0 Å². The lowest BCUT2D eigenvalue weighted by Gasteiger charge is -2.01. The number of terminal acetylenes is 1. The first-order valence-corrected chi connectivity index (χ1v) is 6.23. The van der Waals surface area contributed by atoms with Gasteiger partial charge in [-0.3, -0.25) is 4.79 Å². The van der Waals surface area contributed by atoms with Crippen LogP contribution in [0.15, 0.2) is 42.5 Å². The van der Waals surface area contributed by atoms with Crippen molar-refractivity contribution in [3.05, 3.63) is 48.2 Å². The van der Waals surface area contributed by atoms with Crippen LogP contribution in [-0.2, 0) is 11.2 Å². The molecule has 96 valence electrons. The summed E-state index contributed by atoms with van der Waals surface area (Å²) in [5, 5.41) is 2.65. The molecule has 0 spiro atoms. The summed E-state index contributed by atoms with van der Waals surface area (Å²) in [6.45, 7) is 0.291. The third-order valence-corrected chi connectivity index (χ3v) is 2.84. The van der Waals surface area contributed by atoms with E-state index in [-0.39, 0.29) is 5.91 Å². The van der Waals surface area contributed by atoms with Crippen LogP contribution in [0.5, 0.6) is 0 Å². The van der Waals surface area contributed by atoms with E-state index in [4.69, 9.17) is 6.42 Å². The maximum Gasteiger partial charge on any atom is 0.221 e. The molecular formula is C16H16N2O. The van der Waals surface area contributed by atoms with Gasteiger partial charge in [0.25, 0.3) is 0 Å². The van der Waals surface area contributed by atoms with Gasteiger partial charge >= 0.3 is 0 Å². The van der Waals surface area contributed by atoms with Crippen LogP contribution >= 0.6 is 0 Å². The quantitative estimate of drug-likeness (QED) is 0.788. The zero-order chi connectivity index (χ0) is 13.5. The van der Waals surface area contributed by atoms with Crippen molar-refractivity contribution < 1.29 is 4.79 Å². The highest BCUT2D eigenvalue weighted by molar-refractivity contribution is 5.76. The average molecular weight is 252 g/mol. The average Bonchev–Trinajstić information content (AvgIpc) is 2.93. The summed E-state index contributed by atoms with van der Waals surface area (Å²) in [7, 11) is 0. The van der Waals surface area contributed by atoms with Crippen molar-refractivity contribution in [2.45, 2.75) is 12.8 Å². The second-order valence-corrected chi connectivity index (χ2v) is 4.24. The molecule has 1 heterocycles. The topological polar surface area (TPSA) is 44.9 Å². The molecule has 2 rings (SSSR count). The Hall–Kier alpha value is -2.47. The highest BCUT2D eigenvalue weighted by atomic mass is 16.1. The standard InChI is InChI=1S/C16H16N2O/c1-2-12-17-16(19)11-9-14-8-10-15(18-14)13-6-4-3-5-7-13/h1,3-8,10,18H,9,11-12H2,(H,17,19). The Morgan fingerprint density at radius 3 is 2.74 bits per heavy atom. The van der Waals surface area contributed by atoms with E-state index >= 15 is 0 Å². The zero-order valence-electron chi connectivity index (χ0n) is 10.6. The molecule has 0 fully saturated rings. The second-order valence-electron chi connectivity index (χ2n) is 4.24. The number of aromatic amines is 1. The van der Waals surface area contributed by atoms with Gasteiger partial charge in [-0.05, 0) is 24.1 Å². The minimum atomic E-state index is -0.0196. The van der Waals surface area contributed by atoms with Crippen LogP contribution in [-0.4, -0.2) is 17.4 Å². The van der Waals surface area contributed by atoms with Crippen LogP contribution < -0.4 is 5.32 Å². The molecule has 19 heavy (non-hydrogen) atoms. The number of benzene rings is 1. The van der Waals surface area contributed by atoms with Crippen LogP contribution in [0.3, 0.4) is 0 Å². The third kappa shape index (κ3) is 3.75. The van der Waals surface area contributed by atoms with Crippen molar-refractivity contribution in [2.24, 2.45) is 0 Å². The van der Waals surface area contributed by atoms with E-state index in [2.05, 4.69) is 28.4 Å². The Morgan fingerprint density at radius 1 is 1.21 bits per heavy atom. The van der Waals surface area contributed by atoms with E-state index in [0.717, 1.165) is 17.0 Å². The first-order valence-electron chi connectivity index (χ1n) is 6.23. The monoisotopic (exact) mass is 252 g/mol. The van der Waals surface area contributed by atoms with Crippen LogP contribution in [0.1, 0.15) is 12.1 Å². The minimum Gasteiger partial charge on any atom is -0.358 e. The van der Waals surface area contributed by atoms with Gasteiger partial charge in [0.15, 0.2) is 0 Å². The summed E-state index contributed by atoms with van der Waals surface area (Å²) in [6, 6.07) is 14.1. The number of carbonyl (C=O) groups excluding carboxylic acids is 1. The summed E-state index contributed by atoms with van der Waals surface area (Å²) in [6.07, 6.45) is 6.21. The van der Waals surface area contributed by atoms with E-state index in [0.29, 0.717) is 19.4 Å². The molecule has 0 unspecified atom stereocenters. The molecule has 0 bridgehead atoms. The Labute approximate surface area is 113 Å². The van der Waals surface area contributed by atoms with Crippen LogP contribution in [0.25, 0.3) is 11.3 Å². The van der Waals surface area contributed by atoms with E-state index in [9.17, 15) is 4.79 Å². The number of amides is 1. The molecule has 0 atom stereocenters. The number of nitrogens with one attached hydrogen (secondary N) is 2. The maximum absolute atomic E-state index is 11.4. The van der Waals surface area contributed by atoms with Crippen molar-refractivity contribution in [1.29, 1.82) is 0 Å². The number of rotatable bonds is 5. The van der Waals surface area contributed by atoms with E-state index in [1.165, 1.54) is 0 Å². The fourth-order valence-corrected chi connectivity index (χ4v) is 1.86. The smallest absolute Gasteiger partial charge is 0.221 e. The molecule has 0 saturated carbocycles. The fraction of sp³-hybridized carbons (Fsp3) is 0.188. The molecule has 0 saturated heterocycles. The molecule has 3 nitrogen and oxygen atoms in total. The molecule has 1 amide bonds. The lowest BCUT2D eigenvalue weighted by atomic mass is 10.2. The fourth-order valence-electron chi connectivity index (χ4n) is 1.86. The number of carbonyl (C=O) groups is 1. The van der Waals surface area contributed by atoms with Crippen LogP contribution in [0.4, 0.5) is 0 Å². The zero-order valence-corrected chi connectivity index (χ0v) is 10.6. The predicted octanol–water partition coefficient (Wildman–Crippen LogP) is 2.36. The van der Waals surface area contributed by atoms with Gasteiger partial charge in [0.1, 0.15) is 0 Å². The van der Waals surface area contributed by atoms with Crippen molar-refractivity contribution in [3.63, 3.8) is 0 Å². The molecule has 0 aliphatic heterocycles. The summed E-state index contributed by atoms with van der Waals surface area (Å²) in [5.74, 6) is 2.36. The number of aryl methyl sites for hydroxylation is 1. The molecule has 0 radical (unpaired) electrons. The van der Waals surface area contributed by atoms with Crippen molar-refractivity contribution in [3.8, 4) is 23.6 Å². The Kier molecular flexibility index (Phi) is 4.41. The second kappa shape index (κ2) is 6.46. The Balaban J connectivity index is 1.92. The molecule has 2 N–H and O–H groups in total. The van der Waals surface area contributed by atoms with Crippen molar-refractivity contribution >= 4 is 5.91 Å². The Morgan fingerprint density at radius 2 is 2.00 bits per heavy atom. The maximum atomic E-state index is 11.4. The lowest BCUT2D eigenvalue weighted by molar-refractivity contribution is -0.120. The molecule has 3 heteroatoms. The lowest BCUT2D eigenvalue weighted by Crippen LogP contribution is -2.23. The summed E-state index contributed by atoms with van der Waals surface area (Å²) in [4.78, 5) is 14.8. The summed E-state index contributed by atoms with van der Waals surface area (Å²) >= 11 is 0. The summed E-state index contributed by atoms with van der Waals surface area (Å²) in [5.41, 5.74) is 3.26. The number of aromatic nitrogens is 1. The largest absolute Gasteiger partial charge is 0.358 e. The van der Waals surface area contributed by atoms with Crippen LogP contribution in [0, 0.1) is 12.3 Å². The number of hydrogen-bond donors (Lipinski definition) is 2. The van der Waals surface area contributed by atoms with Gasteiger partial charge in [-0.15, -0.1) is 6.42 Å². The first kappa shape index (κ1) is 13.0. The van der Waals surface area contributed by atoms with Gasteiger partial charge in [0.05, 0.1) is 6.54 Å². The SMILES string of the molecule is C#CCNC(=O)CCc1ccc(-c2ccccc2)[nH]1. The molecular weight excluding hydrogens is 236 g/mol. The third-order valence-electron chi connectivity index (χ3n) is 2.84.